The third kappa shape index (κ3) is 1.83. The van der Waals surface area contributed by atoms with Crippen molar-refractivity contribution in [1.82, 2.24) is 0 Å². The summed E-state index contributed by atoms with van der Waals surface area (Å²) >= 11 is 0. The van der Waals surface area contributed by atoms with E-state index in [-0.39, 0.29) is 18.0 Å². The Labute approximate surface area is 95.0 Å². The van der Waals surface area contributed by atoms with Gasteiger partial charge in [0.25, 0.3) is 0 Å². The van der Waals surface area contributed by atoms with Crippen LogP contribution in [0.5, 0.6) is 0 Å². The van der Waals surface area contributed by atoms with E-state index in [1.807, 2.05) is 44.2 Å². The Hall–Kier alpha value is -1.35. The van der Waals surface area contributed by atoms with Crippen LogP contribution in [0.4, 0.5) is 0 Å². The number of hydrogen-bond acceptors (Lipinski definition) is 3. The molecule has 2 rings (SSSR count). The number of cyclic esters (lactones) is 1. The van der Waals surface area contributed by atoms with Crippen molar-refractivity contribution in [3.05, 3.63) is 35.9 Å². The Morgan fingerprint density at radius 3 is 2.38 bits per heavy atom. The van der Waals surface area contributed by atoms with Crippen LogP contribution in [0.25, 0.3) is 0 Å². The molecule has 1 heterocycles. The van der Waals surface area contributed by atoms with E-state index >= 15 is 0 Å². The summed E-state index contributed by atoms with van der Waals surface area (Å²) in [5.74, 6) is -0.474. The summed E-state index contributed by atoms with van der Waals surface area (Å²) in [5.41, 5.74) is 0.773. The Morgan fingerprint density at radius 2 is 1.88 bits per heavy atom. The summed E-state index contributed by atoms with van der Waals surface area (Å²) in [4.78, 5) is 11.4. The molecule has 0 bridgehead atoms. The maximum absolute atomic E-state index is 11.4. The normalized spacial score (nSPS) is 26.1. The fourth-order valence-electron chi connectivity index (χ4n) is 2.06. The molecule has 0 aliphatic carbocycles. The zero-order valence-electron chi connectivity index (χ0n) is 9.46. The lowest BCUT2D eigenvalue weighted by Gasteiger charge is -2.40. The van der Waals surface area contributed by atoms with Crippen molar-refractivity contribution < 1.29 is 14.6 Å². The molecule has 1 aromatic rings. The highest BCUT2D eigenvalue weighted by Gasteiger charge is 2.48. The predicted octanol–water partition coefficient (Wildman–Crippen LogP) is 1.92. The molecule has 1 aliphatic rings. The topological polar surface area (TPSA) is 46.5 Å². The Kier molecular flexibility index (Phi) is 2.97. The summed E-state index contributed by atoms with van der Waals surface area (Å²) < 4.78 is 5.06. The minimum absolute atomic E-state index is 0.164. The average Bonchev–Trinajstić information content (AvgIpc) is 2.26. The van der Waals surface area contributed by atoms with Gasteiger partial charge in [-0.25, -0.2) is 0 Å². The third-order valence-electron chi connectivity index (χ3n) is 3.02. The largest absolute Gasteiger partial charge is 0.461 e. The zero-order valence-corrected chi connectivity index (χ0v) is 9.46. The predicted molar refractivity (Wildman–Crippen MR) is 59.6 cm³/mol. The van der Waals surface area contributed by atoms with Crippen molar-refractivity contribution in [3.63, 3.8) is 0 Å². The van der Waals surface area contributed by atoms with Gasteiger partial charge in [-0.15, -0.1) is 0 Å². The first-order valence-electron chi connectivity index (χ1n) is 5.54. The van der Waals surface area contributed by atoms with Gasteiger partial charge in [-0.1, -0.05) is 44.2 Å². The molecule has 3 heteroatoms. The second-order valence-electron chi connectivity index (χ2n) is 4.53. The smallest absolute Gasteiger partial charge is 0.316 e. The van der Waals surface area contributed by atoms with Crippen LogP contribution in [-0.4, -0.2) is 17.2 Å². The zero-order chi connectivity index (χ0) is 11.7. The van der Waals surface area contributed by atoms with Crippen LogP contribution in [0.2, 0.25) is 0 Å². The van der Waals surface area contributed by atoms with E-state index in [1.54, 1.807) is 0 Å². The van der Waals surface area contributed by atoms with Crippen LogP contribution >= 0.6 is 0 Å². The fourth-order valence-corrected chi connectivity index (χ4v) is 2.06. The van der Waals surface area contributed by atoms with Crippen molar-refractivity contribution in [1.29, 1.82) is 0 Å². The second-order valence-corrected chi connectivity index (χ2v) is 4.53. The van der Waals surface area contributed by atoms with Crippen molar-refractivity contribution >= 4 is 5.97 Å². The Bertz CT molecular complexity index is 372. The number of ether oxygens (including phenoxy) is 1. The minimum atomic E-state index is -0.755. The quantitative estimate of drug-likeness (QED) is 0.791. The van der Waals surface area contributed by atoms with Crippen LogP contribution in [0.1, 0.15) is 25.5 Å². The van der Waals surface area contributed by atoms with Crippen LogP contribution in [0.15, 0.2) is 30.3 Å². The first kappa shape index (κ1) is 11.1. The summed E-state index contributed by atoms with van der Waals surface area (Å²) in [6.45, 7) is 3.98. The number of aliphatic hydroxyl groups is 1. The highest BCUT2D eigenvalue weighted by Crippen LogP contribution is 2.37. The van der Waals surface area contributed by atoms with Gasteiger partial charge in [0.15, 0.2) is 0 Å². The van der Waals surface area contributed by atoms with Gasteiger partial charge in [0.1, 0.15) is 12.0 Å². The lowest BCUT2D eigenvalue weighted by Crippen LogP contribution is -2.51. The lowest BCUT2D eigenvalue weighted by molar-refractivity contribution is -0.202. The molecule has 3 atom stereocenters. The van der Waals surface area contributed by atoms with E-state index in [9.17, 15) is 9.90 Å². The standard InChI is InChI=1S/C13H16O3/c1-8(2)12-10(13(15)16-12)11(14)9-6-4-3-5-7-9/h3-8,10-12,14H,1-2H3/t10-,11-,12-/m1/s1. The second kappa shape index (κ2) is 4.26. The molecule has 1 aliphatic heterocycles. The fraction of sp³-hybridized carbons (Fsp3) is 0.462. The molecule has 0 spiro atoms. The maximum Gasteiger partial charge on any atom is 0.316 e. The van der Waals surface area contributed by atoms with Gasteiger partial charge < -0.3 is 9.84 Å². The van der Waals surface area contributed by atoms with Crippen LogP contribution in [0, 0.1) is 11.8 Å². The molecular weight excluding hydrogens is 204 g/mol. The van der Waals surface area contributed by atoms with Gasteiger partial charge >= 0.3 is 5.97 Å². The first-order valence-corrected chi connectivity index (χ1v) is 5.54. The molecule has 1 aromatic carbocycles. The number of aliphatic hydroxyl groups excluding tert-OH is 1. The van der Waals surface area contributed by atoms with Crippen molar-refractivity contribution in [2.45, 2.75) is 26.1 Å². The van der Waals surface area contributed by atoms with Crippen molar-refractivity contribution in [2.75, 3.05) is 0 Å². The number of hydrogen-bond donors (Lipinski definition) is 1. The maximum atomic E-state index is 11.4. The lowest BCUT2D eigenvalue weighted by atomic mass is 9.82. The molecule has 0 radical (unpaired) electrons. The number of carbonyl (C=O) groups excluding carboxylic acids is 1. The number of rotatable bonds is 3. The molecule has 86 valence electrons. The molecular formula is C13H16O3. The minimum Gasteiger partial charge on any atom is -0.461 e. The van der Waals surface area contributed by atoms with Gasteiger partial charge in [-0.05, 0) is 11.5 Å². The van der Waals surface area contributed by atoms with Gasteiger partial charge in [0, 0.05) is 0 Å². The molecule has 1 saturated heterocycles. The van der Waals surface area contributed by atoms with E-state index < -0.39 is 12.0 Å². The van der Waals surface area contributed by atoms with Gasteiger partial charge in [-0.2, -0.15) is 0 Å². The molecule has 0 unspecified atom stereocenters. The highest BCUT2D eigenvalue weighted by molar-refractivity contribution is 5.79. The van der Waals surface area contributed by atoms with Crippen LogP contribution < -0.4 is 0 Å². The van der Waals surface area contributed by atoms with E-state index in [0.29, 0.717) is 0 Å². The molecule has 0 amide bonds. The monoisotopic (exact) mass is 220 g/mol. The highest BCUT2D eigenvalue weighted by atomic mass is 16.6. The van der Waals surface area contributed by atoms with Crippen molar-refractivity contribution in [2.24, 2.45) is 11.8 Å². The van der Waals surface area contributed by atoms with Crippen LogP contribution in [0.3, 0.4) is 0 Å². The third-order valence-corrected chi connectivity index (χ3v) is 3.02. The summed E-state index contributed by atoms with van der Waals surface area (Å²) in [7, 11) is 0. The molecule has 1 N–H and O–H groups in total. The molecule has 0 aromatic heterocycles. The summed E-state index contributed by atoms with van der Waals surface area (Å²) in [6, 6.07) is 9.25. The van der Waals surface area contributed by atoms with Gasteiger partial charge in [-0.3, -0.25) is 4.79 Å². The van der Waals surface area contributed by atoms with Crippen LogP contribution in [-0.2, 0) is 9.53 Å². The SMILES string of the molecule is CC(C)[C@H]1OC(=O)[C@@H]1[C@H](O)c1ccccc1. The number of esters is 1. The molecule has 3 nitrogen and oxygen atoms in total. The summed E-state index contributed by atoms with van der Waals surface area (Å²) in [6.07, 6.45) is -0.919. The Morgan fingerprint density at radius 1 is 1.25 bits per heavy atom. The van der Waals surface area contributed by atoms with Gasteiger partial charge in [0.2, 0.25) is 0 Å². The van der Waals surface area contributed by atoms with E-state index in [0.717, 1.165) is 5.56 Å². The Balaban J connectivity index is 2.15. The van der Waals surface area contributed by atoms with E-state index in [2.05, 4.69) is 0 Å². The molecule has 16 heavy (non-hydrogen) atoms. The van der Waals surface area contributed by atoms with Crippen molar-refractivity contribution in [3.8, 4) is 0 Å². The van der Waals surface area contributed by atoms with E-state index in [1.165, 1.54) is 0 Å². The number of benzene rings is 1. The summed E-state index contributed by atoms with van der Waals surface area (Å²) in [5, 5.41) is 10.1. The molecule has 0 saturated carbocycles. The average molecular weight is 220 g/mol. The number of carbonyl (C=O) groups is 1. The van der Waals surface area contributed by atoms with Gasteiger partial charge in [0.05, 0.1) is 6.10 Å². The molecule has 1 fully saturated rings. The van der Waals surface area contributed by atoms with E-state index in [4.69, 9.17) is 4.74 Å². The first-order chi connectivity index (χ1) is 7.61.